The molecule has 1 aliphatic rings. The van der Waals surface area contributed by atoms with Crippen molar-refractivity contribution in [3.05, 3.63) is 24.1 Å². The molecule has 3 N–H and O–H groups in total. The number of nitrogens with one attached hydrogen (secondary N) is 1. The van der Waals surface area contributed by atoms with E-state index >= 15 is 0 Å². The van der Waals surface area contributed by atoms with Gasteiger partial charge < -0.3 is 15.8 Å². The number of carbonyl (C=O) groups is 1. The third-order valence-electron chi connectivity index (χ3n) is 2.81. The highest BCUT2D eigenvalue weighted by Gasteiger charge is 2.36. The maximum absolute atomic E-state index is 12.6. The van der Waals surface area contributed by atoms with Crippen molar-refractivity contribution in [3.8, 4) is 0 Å². The summed E-state index contributed by atoms with van der Waals surface area (Å²) in [6.07, 6.45) is 1.99. The first-order chi connectivity index (χ1) is 8.10. The van der Waals surface area contributed by atoms with E-state index in [4.69, 9.17) is 10.5 Å². The zero-order valence-electron chi connectivity index (χ0n) is 10.1. The molecule has 19 heavy (non-hydrogen) atoms. The molecular weight excluding hydrogens is 296 g/mol. The Morgan fingerprint density at radius 2 is 2.00 bits per heavy atom. The summed E-state index contributed by atoms with van der Waals surface area (Å²) in [6, 6.07) is 2.63. The Bertz CT molecular complexity index is 411. The average molecular weight is 312 g/mol. The number of nitrogens with zero attached hydrogens (tertiary/aromatic N) is 1. The monoisotopic (exact) mass is 311 g/mol. The first kappa shape index (κ1) is 18.0. The Morgan fingerprint density at radius 1 is 1.37 bits per heavy atom. The van der Waals surface area contributed by atoms with Crippen molar-refractivity contribution < 1.29 is 13.9 Å². The summed E-state index contributed by atoms with van der Waals surface area (Å²) in [5.74, 6) is -0.454. The van der Waals surface area contributed by atoms with Gasteiger partial charge in [-0.2, -0.15) is 0 Å². The zero-order chi connectivity index (χ0) is 12.3. The van der Waals surface area contributed by atoms with Crippen LogP contribution in [0.2, 0.25) is 0 Å². The molecule has 1 aromatic heterocycles. The van der Waals surface area contributed by atoms with Crippen LogP contribution in [0.4, 0.5) is 10.2 Å². The normalized spacial score (nSPS) is 16.7. The highest BCUT2D eigenvalue weighted by atomic mass is 35.5. The number of pyridine rings is 1. The van der Waals surface area contributed by atoms with Crippen LogP contribution in [0.3, 0.4) is 0 Å². The van der Waals surface area contributed by atoms with Gasteiger partial charge in [-0.15, -0.1) is 24.8 Å². The fraction of sp³-hybridized carbons (Fsp3) is 0.455. The molecule has 108 valence electrons. The predicted molar refractivity (Wildman–Crippen MR) is 74.3 cm³/mol. The molecule has 0 atom stereocenters. The van der Waals surface area contributed by atoms with Crippen LogP contribution in [-0.4, -0.2) is 29.6 Å². The fourth-order valence-corrected chi connectivity index (χ4v) is 1.65. The number of hydrogen-bond acceptors (Lipinski definition) is 4. The molecule has 0 radical (unpaired) electrons. The zero-order valence-corrected chi connectivity index (χ0v) is 11.7. The molecule has 1 aromatic rings. The second-order valence-corrected chi connectivity index (χ2v) is 4.08. The molecule has 0 unspecified atom stereocenters. The molecule has 1 saturated heterocycles. The Kier molecular flexibility index (Phi) is 7.21. The van der Waals surface area contributed by atoms with E-state index in [0.717, 1.165) is 6.20 Å². The van der Waals surface area contributed by atoms with E-state index in [2.05, 4.69) is 10.3 Å². The second kappa shape index (κ2) is 7.59. The van der Waals surface area contributed by atoms with Crippen LogP contribution >= 0.6 is 24.8 Å². The van der Waals surface area contributed by atoms with E-state index in [1.807, 2.05) is 0 Å². The molecule has 0 spiro atoms. The lowest BCUT2D eigenvalue weighted by Gasteiger charge is -2.31. The Labute approximate surface area is 122 Å². The molecule has 8 heteroatoms. The maximum atomic E-state index is 12.6. The van der Waals surface area contributed by atoms with Crippen molar-refractivity contribution in [2.75, 3.05) is 18.5 Å². The largest absolute Gasteiger partial charge is 0.381 e. The van der Waals surface area contributed by atoms with Gasteiger partial charge in [0, 0.05) is 13.2 Å². The Morgan fingerprint density at radius 3 is 2.53 bits per heavy atom. The van der Waals surface area contributed by atoms with Gasteiger partial charge in [-0.1, -0.05) is 0 Å². The molecule has 0 aliphatic carbocycles. The quantitative estimate of drug-likeness (QED) is 0.868. The van der Waals surface area contributed by atoms with Crippen molar-refractivity contribution in [2.24, 2.45) is 5.73 Å². The number of aromatic nitrogens is 1. The lowest BCUT2D eigenvalue weighted by Crippen LogP contribution is -2.54. The number of ether oxygens (including phenoxy) is 1. The van der Waals surface area contributed by atoms with E-state index in [1.165, 1.54) is 12.1 Å². The van der Waals surface area contributed by atoms with E-state index in [-0.39, 0.29) is 30.7 Å². The highest BCUT2D eigenvalue weighted by Crippen LogP contribution is 2.19. The van der Waals surface area contributed by atoms with Crippen molar-refractivity contribution in [1.82, 2.24) is 4.98 Å². The van der Waals surface area contributed by atoms with Gasteiger partial charge in [0.2, 0.25) is 5.91 Å². The van der Waals surface area contributed by atoms with Crippen LogP contribution in [-0.2, 0) is 9.53 Å². The van der Waals surface area contributed by atoms with E-state index < -0.39 is 11.4 Å². The summed E-state index contributed by atoms with van der Waals surface area (Å²) in [4.78, 5) is 15.7. The van der Waals surface area contributed by atoms with E-state index in [9.17, 15) is 9.18 Å². The summed E-state index contributed by atoms with van der Waals surface area (Å²) in [5.41, 5.74) is 5.06. The minimum absolute atomic E-state index is 0. The SMILES string of the molecule is Cl.Cl.NC1(C(=O)Nc2ccc(F)cn2)CCOCC1. The van der Waals surface area contributed by atoms with Gasteiger partial charge in [-0.25, -0.2) is 9.37 Å². The standard InChI is InChI=1S/C11H14FN3O2.2ClH/c12-8-1-2-9(14-7-8)15-10(16)11(13)3-5-17-6-4-11;;/h1-2,7H,3-6,13H2,(H,14,15,16);2*1H. The lowest BCUT2D eigenvalue weighted by molar-refractivity contribution is -0.124. The van der Waals surface area contributed by atoms with Crippen molar-refractivity contribution >= 4 is 36.5 Å². The van der Waals surface area contributed by atoms with Gasteiger partial charge >= 0.3 is 0 Å². The molecule has 0 bridgehead atoms. The fourth-order valence-electron chi connectivity index (χ4n) is 1.65. The summed E-state index contributed by atoms with van der Waals surface area (Å²) >= 11 is 0. The number of rotatable bonds is 2. The van der Waals surface area contributed by atoms with Gasteiger partial charge in [0.05, 0.1) is 6.20 Å². The van der Waals surface area contributed by atoms with Crippen molar-refractivity contribution in [2.45, 2.75) is 18.4 Å². The third-order valence-corrected chi connectivity index (χ3v) is 2.81. The molecular formula is C11H16Cl2FN3O2. The first-order valence-corrected chi connectivity index (χ1v) is 5.40. The van der Waals surface area contributed by atoms with E-state index in [1.54, 1.807) is 0 Å². The second-order valence-electron chi connectivity index (χ2n) is 4.08. The summed E-state index contributed by atoms with van der Waals surface area (Å²) in [7, 11) is 0. The predicted octanol–water partition coefficient (Wildman–Crippen LogP) is 1.51. The van der Waals surface area contributed by atoms with Gasteiger partial charge in [0.25, 0.3) is 0 Å². The van der Waals surface area contributed by atoms with Crippen molar-refractivity contribution in [3.63, 3.8) is 0 Å². The van der Waals surface area contributed by atoms with E-state index in [0.29, 0.717) is 31.9 Å². The van der Waals surface area contributed by atoms with Gasteiger partial charge in [0.1, 0.15) is 17.2 Å². The molecule has 2 rings (SSSR count). The number of hydrogen-bond donors (Lipinski definition) is 2. The maximum Gasteiger partial charge on any atom is 0.245 e. The Balaban J connectivity index is 0.00000162. The average Bonchev–Trinajstić information content (AvgIpc) is 2.33. The number of halogens is 3. The van der Waals surface area contributed by atoms with Gasteiger partial charge in [-0.3, -0.25) is 4.79 Å². The van der Waals surface area contributed by atoms with Crippen LogP contribution in [0.1, 0.15) is 12.8 Å². The third kappa shape index (κ3) is 4.58. The number of carbonyl (C=O) groups excluding carboxylic acids is 1. The van der Waals surface area contributed by atoms with Crippen LogP contribution in [0.25, 0.3) is 0 Å². The van der Waals surface area contributed by atoms with Gasteiger partial charge in [0.15, 0.2) is 0 Å². The summed E-state index contributed by atoms with van der Waals surface area (Å²) in [5, 5.41) is 2.58. The highest BCUT2D eigenvalue weighted by molar-refractivity contribution is 5.97. The molecule has 1 aliphatic heterocycles. The molecule has 5 nitrogen and oxygen atoms in total. The molecule has 1 fully saturated rings. The number of nitrogens with two attached hydrogens (primary N) is 1. The van der Waals surface area contributed by atoms with Crippen molar-refractivity contribution in [1.29, 1.82) is 0 Å². The number of amides is 1. The Hall–Kier alpha value is -0.950. The van der Waals surface area contributed by atoms with Crippen LogP contribution < -0.4 is 11.1 Å². The molecule has 2 heterocycles. The summed E-state index contributed by atoms with van der Waals surface area (Å²) < 4.78 is 17.8. The lowest BCUT2D eigenvalue weighted by atomic mass is 9.90. The van der Waals surface area contributed by atoms with Gasteiger partial charge in [-0.05, 0) is 25.0 Å². The molecule has 0 saturated carbocycles. The molecule has 0 aromatic carbocycles. The smallest absolute Gasteiger partial charge is 0.245 e. The minimum atomic E-state index is -0.922. The molecule has 1 amide bonds. The van der Waals surface area contributed by atoms with Crippen LogP contribution in [0, 0.1) is 5.82 Å². The number of anilines is 1. The topological polar surface area (TPSA) is 77.2 Å². The van der Waals surface area contributed by atoms with Crippen LogP contribution in [0.15, 0.2) is 18.3 Å². The minimum Gasteiger partial charge on any atom is -0.381 e. The summed E-state index contributed by atoms with van der Waals surface area (Å²) in [6.45, 7) is 0.946. The van der Waals surface area contributed by atoms with Crippen LogP contribution in [0.5, 0.6) is 0 Å². The first-order valence-electron chi connectivity index (χ1n) is 5.40.